The van der Waals surface area contributed by atoms with Gasteiger partial charge in [-0.25, -0.2) is 0 Å². The van der Waals surface area contributed by atoms with Crippen LogP contribution in [0.2, 0.25) is 0 Å². The molecule has 0 radical (unpaired) electrons. The van der Waals surface area contributed by atoms with Crippen LogP contribution in [0.4, 0.5) is 0 Å². The van der Waals surface area contributed by atoms with E-state index in [4.69, 9.17) is 5.73 Å². The monoisotopic (exact) mass is 152 g/mol. The number of nitrogens with two attached hydrogens (primary N) is 1. The van der Waals surface area contributed by atoms with Crippen molar-refractivity contribution in [2.75, 3.05) is 13.1 Å². The highest BCUT2D eigenvalue weighted by atomic mass is 15.1. The second-order valence-corrected chi connectivity index (χ2v) is 3.68. The zero-order chi connectivity index (χ0) is 7.68. The van der Waals surface area contributed by atoms with Crippen LogP contribution < -0.4 is 5.73 Å². The molecule has 0 bridgehead atoms. The predicted octanol–water partition coefficient (Wildman–Crippen LogP) is 1.09. The summed E-state index contributed by atoms with van der Waals surface area (Å²) in [7, 11) is 0. The summed E-state index contributed by atoms with van der Waals surface area (Å²) in [4.78, 5) is 2.39. The van der Waals surface area contributed by atoms with Gasteiger partial charge in [-0.15, -0.1) is 0 Å². The maximum absolute atomic E-state index is 5.85. The summed E-state index contributed by atoms with van der Waals surface area (Å²) >= 11 is 0. The second-order valence-electron chi connectivity index (χ2n) is 3.68. The molecule has 1 heterocycles. The van der Waals surface area contributed by atoms with Crippen LogP contribution >= 0.6 is 0 Å². The molecule has 2 heteroatoms. The van der Waals surface area contributed by atoms with Crippen molar-refractivity contribution in [3.8, 4) is 0 Å². The molecule has 0 aromatic carbocycles. The van der Waals surface area contributed by atoms with Crippen molar-refractivity contribution < 1.29 is 0 Å². The first-order valence-corrected chi connectivity index (χ1v) is 4.54. The second kappa shape index (κ2) is 2.86. The Morgan fingerprint density at radius 3 is 2.91 bits per heavy atom. The third kappa shape index (κ3) is 1.96. The largest absolute Gasteiger partial charge is 0.376 e. The molecule has 0 spiro atoms. The first-order chi connectivity index (χ1) is 5.34. The first kappa shape index (κ1) is 7.17. The van der Waals surface area contributed by atoms with E-state index >= 15 is 0 Å². The summed E-state index contributed by atoms with van der Waals surface area (Å²) in [5.74, 6) is 0. The third-order valence-corrected chi connectivity index (χ3v) is 2.39. The van der Waals surface area contributed by atoms with Gasteiger partial charge in [-0.3, -0.25) is 0 Å². The molecule has 2 N–H and O–H groups in total. The molecule has 2 aliphatic rings. The quantitative estimate of drug-likeness (QED) is 0.609. The molecule has 1 saturated heterocycles. The molecule has 1 atom stereocenters. The van der Waals surface area contributed by atoms with Crippen molar-refractivity contribution in [3.05, 3.63) is 11.8 Å². The van der Waals surface area contributed by atoms with Gasteiger partial charge in [-0.05, 0) is 31.9 Å². The van der Waals surface area contributed by atoms with E-state index in [9.17, 15) is 0 Å². The van der Waals surface area contributed by atoms with Crippen molar-refractivity contribution in [2.45, 2.75) is 31.7 Å². The van der Waals surface area contributed by atoms with E-state index in [0.29, 0.717) is 6.04 Å². The van der Waals surface area contributed by atoms with E-state index in [1.54, 1.807) is 5.57 Å². The summed E-state index contributed by atoms with van der Waals surface area (Å²) in [6.07, 6.45) is 7.45. The Kier molecular flexibility index (Phi) is 1.86. The molecule has 1 saturated carbocycles. The zero-order valence-electron chi connectivity index (χ0n) is 6.92. The van der Waals surface area contributed by atoms with E-state index in [-0.39, 0.29) is 0 Å². The molecule has 2 nitrogen and oxygen atoms in total. The van der Waals surface area contributed by atoms with Crippen LogP contribution in [0.3, 0.4) is 0 Å². The lowest BCUT2D eigenvalue weighted by molar-refractivity contribution is 0.280. The van der Waals surface area contributed by atoms with Crippen molar-refractivity contribution in [3.63, 3.8) is 0 Å². The van der Waals surface area contributed by atoms with E-state index in [1.807, 2.05) is 0 Å². The van der Waals surface area contributed by atoms with Gasteiger partial charge in [0.05, 0.1) is 0 Å². The lowest BCUT2D eigenvalue weighted by Crippen LogP contribution is -2.39. The van der Waals surface area contributed by atoms with Gasteiger partial charge in [0.2, 0.25) is 0 Å². The van der Waals surface area contributed by atoms with Gasteiger partial charge in [0.15, 0.2) is 0 Å². The Labute approximate surface area is 68.1 Å². The zero-order valence-corrected chi connectivity index (χ0v) is 6.92. The van der Waals surface area contributed by atoms with Crippen molar-refractivity contribution in [1.82, 2.24) is 4.90 Å². The molecule has 2 rings (SSSR count). The summed E-state index contributed by atoms with van der Waals surface area (Å²) in [5, 5.41) is 0. The number of allylic oxidation sites excluding steroid dienone is 1. The molecule has 1 aliphatic heterocycles. The summed E-state index contributed by atoms with van der Waals surface area (Å²) < 4.78 is 0. The third-order valence-electron chi connectivity index (χ3n) is 2.39. The van der Waals surface area contributed by atoms with Crippen molar-refractivity contribution in [2.24, 2.45) is 5.73 Å². The Morgan fingerprint density at radius 1 is 1.45 bits per heavy atom. The molecule has 0 aromatic heterocycles. The van der Waals surface area contributed by atoms with Crippen LogP contribution in [0.1, 0.15) is 25.7 Å². The first-order valence-electron chi connectivity index (χ1n) is 4.54. The van der Waals surface area contributed by atoms with Crippen molar-refractivity contribution in [1.29, 1.82) is 0 Å². The molecule has 62 valence electrons. The van der Waals surface area contributed by atoms with Gasteiger partial charge >= 0.3 is 0 Å². The van der Waals surface area contributed by atoms with Gasteiger partial charge in [-0.2, -0.15) is 0 Å². The summed E-state index contributed by atoms with van der Waals surface area (Å²) in [5.41, 5.74) is 7.46. The van der Waals surface area contributed by atoms with Crippen LogP contribution in [-0.2, 0) is 0 Å². The SMILES string of the molecule is NC1CCCN(C=C2CC2)C1. The van der Waals surface area contributed by atoms with Gasteiger partial charge in [-0.1, -0.05) is 5.57 Å². The molecule has 0 amide bonds. The number of hydrogen-bond donors (Lipinski definition) is 1. The van der Waals surface area contributed by atoms with E-state index in [1.165, 1.54) is 32.2 Å². The highest BCUT2D eigenvalue weighted by molar-refractivity contribution is 5.15. The average molecular weight is 152 g/mol. The molecule has 0 aromatic rings. The molecule has 2 fully saturated rings. The fourth-order valence-corrected chi connectivity index (χ4v) is 1.62. The molecular weight excluding hydrogens is 136 g/mol. The highest BCUT2D eigenvalue weighted by Gasteiger charge is 2.17. The molecule has 11 heavy (non-hydrogen) atoms. The number of hydrogen-bond acceptors (Lipinski definition) is 2. The van der Waals surface area contributed by atoms with Crippen molar-refractivity contribution >= 4 is 0 Å². The smallest absolute Gasteiger partial charge is 0.0324 e. The maximum atomic E-state index is 5.85. The van der Waals surface area contributed by atoms with Gasteiger partial charge in [0.1, 0.15) is 0 Å². The fourth-order valence-electron chi connectivity index (χ4n) is 1.62. The van der Waals surface area contributed by atoms with Crippen LogP contribution in [0.15, 0.2) is 11.8 Å². The van der Waals surface area contributed by atoms with Gasteiger partial charge in [0, 0.05) is 19.1 Å². The van der Waals surface area contributed by atoms with E-state index in [0.717, 1.165) is 6.54 Å². The Morgan fingerprint density at radius 2 is 2.27 bits per heavy atom. The average Bonchev–Trinajstić information content (AvgIpc) is 2.71. The Hall–Kier alpha value is -0.500. The molecule has 1 aliphatic carbocycles. The number of rotatable bonds is 1. The van der Waals surface area contributed by atoms with E-state index < -0.39 is 0 Å². The summed E-state index contributed by atoms with van der Waals surface area (Å²) in [6.45, 7) is 2.29. The minimum atomic E-state index is 0.416. The predicted molar refractivity (Wildman–Crippen MR) is 46.1 cm³/mol. The Bertz CT molecular complexity index is 168. The van der Waals surface area contributed by atoms with E-state index in [2.05, 4.69) is 11.1 Å². The standard InChI is InChI=1S/C9H16N2/c10-9-2-1-5-11(7-9)6-8-3-4-8/h6,9H,1-5,7,10H2. The van der Waals surface area contributed by atoms with Gasteiger partial charge in [0.25, 0.3) is 0 Å². The topological polar surface area (TPSA) is 29.3 Å². The van der Waals surface area contributed by atoms with Crippen LogP contribution in [-0.4, -0.2) is 24.0 Å². The normalized spacial score (nSPS) is 30.5. The van der Waals surface area contributed by atoms with Crippen LogP contribution in [0.5, 0.6) is 0 Å². The number of piperidine rings is 1. The lowest BCUT2D eigenvalue weighted by Gasteiger charge is -2.29. The fraction of sp³-hybridized carbons (Fsp3) is 0.778. The summed E-state index contributed by atoms with van der Waals surface area (Å²) in [6, 6.07) is 0.416. The maximum Gasteiger partial charge on any atom is 0.0324 e. The minimum Gasteiger partial charge on any atom is -0.376 e. The number of nitrogens with zero attached hydrogens (tertiary/aromatic N) is 1. The lowest BCUT2D eigenvalue weighted by atomic mass is 10.1. The van der Waals surface area contributed by atoms with Crippen LogP contribution in [0.25, 0.3) is 0 Å². The van der Waals surface area contributed by atoms with Gasteiger partial charge < -0.3 is 10.6 Å². The molecule has 1 unspecified atom stereocenters. The van der Waals surface area contributed by atoms with Crippen LogP contribution in [0, 0.1) is 0 Å². The molecular formula is C9H16N2. The number of likely N-dealkylation sites (tertiary alicyclic amines) is 1. The Balaban J connectivity index is 1.87. The highest BCUT2D eigenvalue weighted by Crippen LogP contribution is 2.28. The minimum absolute atomic E-state index is 0.416.